The quantitative estimate of drug-likeness (QED) is 0.868. The first-order valence-electron chi connectivity index (χ1n) is 7.08. The lowest BCUT2D eigenvalue weighted by Crippen LogP contribution is -2.19. The molecule has 0 aliphatic rings. The minimum Gasteiger partial charge on any atom is -0.380 e. The fourth-order valence-corrected chi connectivity index (χ4v) is 2.25. The number of benzene rings is 1. The zero-order valence-electron chi connectivity index (χ0n) is 12.5. The Labute approximate surface area is 121 Å². The Balaban J connectivity index is 1.93. The van der Waals surface area contributed by atoms with Crippen LogP contribution in [-0.2, 0) is 6.42 Å². The van der Waals surface area contributed by atoms with E-state index in [1.807, 2.05) is 18.5 Å². The molecule has 3 nitrogen and oxygen atoms in total. The largest absolute Gasteiger partial charge is 0.380 e. The Bertz CT molecular complexity index is 523. The SMILES string of the molecule is CC(CCc1ccccc1)Nc1cnccc1N(C)C. The van der Waals surface area contributed by atoms with Crippen LogP contribution >= 0.6 is 0 Å². The van der Waals surface area contributed by atoms with Gasteiger partial charge in [-0.15, -0.1) is 0 Å². The van der Waals surface area contributed by atoms with Gasteiger partial charge in [0.05, 0.1) is 17.6 Å². The summed E-state index contributed by atoms with van der Waals surface area (Å²) in [4.78, 5) is 6.31. The zero-order valence-corrected chi connectivity index (χ0v) is 12.5. The van der Waals surface area contributed by atoms with Crippen molar-refractivity contribution >= 4 is 11.4 Å². The molecule has 0 saturated heterocycles. The van der Waals surface area contributed by atoms with E-state index in [1.54, 1.807) is 0 Å². The standard InChI is InChI=1S/C17H23N3/c1-14(9-10-15-7-5-4-6-8-15)19-16-13-18-12-11-17(16)20(2)3/h4-8,11-14,19H,9-10H2,1-3H3. The summed E-state index contributed by atoms with van der Waals surface area (Å²) in [6.07, 6.45) is 5.92. The van der Waals surface area contributed by atoms with Gasteiger partial charge in [0.25, 0.3) is 0 Å². The summed E-state index contributed by atoms with van der Waals surface area (Å²) >= 11 is 0. The van der Waals surface area contributed by atoms with E-state index < -0.39 is 0 Å². The Kier molecular flexibility index (Phi) is 4.99. The molecule has 3 heteroatoms. The van der Waals surface area contributed by atoms with Crippen LogP contribution in [0.5, 0.6) is 0 Å². The maximum Gasteiger partial charge on any atom is 0.0766 e. The number of pyridine rings is 1. The van der Waals surface area contributed by atoms with Crippen molar-refractivity contribution in [1.29, 1.82) is 0 Å². The lowest BCUT2D eigenvalue weighted by atomic mass is 10.1. The molecule has 2 aromatic rings. The molecule has 106 valence electrons. The monoisotopic (exact) mass is 269 g/mol. The van der Waals surface area contributed by atoms with Crippen molar-refractivity contribution in [2.75, 3.05) is 24.3 Å². The van der Waals surface area contributed by atoms with Gasteiger partial charge in [-0.2, -0.15) is 0 Å². The van der Waals surface area contributed by atoms with Crippen LogP contribution in [0.4, 0.5) is 11.4 Å². The molecule has 1 heterocycles. The van der Waals surface area contributed by atoms with Crippen molar-refractivity contribution in [2.24, 2.45) is 0 Å². The van der Waals surface area contributed by atoms with Crippen LogP contribution in [0.25, 0.3) is 0 Å². The maximum atomic E-state index is 4.21. The molecule has 1 unspecified atom stereocenters. The number of nitrogens with zero attached hydrogens (tertiary/aromatic N) is 2. The van der Waals surface area contributed by atoms with Gasteiger partial charge in [-0.05, 0) is 31.4 Å². The summed E-state index contributed by atoms with van der Waals surface area (Å²) < 4.78 is 0. The van der Waals surface area contributed by atoms with Crippen LogP contribution in [0.2, 0.25) is 0 Å². The van der Waals surface area contributed by atoms with Gasteiger partial charge in [-0.1, -0.05) is 30.3 Å². The second kappa shape index (κ2) is 6.94. The molecule has 1 aromatic carbocycles. The van der Waals surface area contributed by atoms with Gasteiger partial charge in [0.1, 0.15) is 0 Å². The molecule has 0 aliphatic heterocycles. The maximum absolute atomic E-state index is 4.21. The summed E-state index contributed by atoms with van der Waals surface area (Å²) in [6.45, 7) is 2.22. The number of aromatic nitrogens is 1. The minimum atomic E-state index is 0.415. The van der Waals surface area contributed by atoms with E-state index >= 15 is 0 Å². The Morgan fingerprint density at radius 3 is 2.60 bits per heavy atom. The normalized spacial score (nSPS) is 11.9. The third-order valence-corrected chi connectivity index (χ3v) is 3.39. The Hall–Kier alpha value is -2.03. The van der Waals surface area contributed by atoms with E-state index in [0.717, 1.165) is 18.5 Å². The molecule has 2 rings (SSSR count). The lowest BCUT2D eigenvalue weighted by Gasteiger charge is -2.21. The van der Waals surface area contributed by atoms with E-state index in [0.29, 0.717) is 6.04 Å². The number of hydrogen-bond acceptors (Lipinski definition) is 3. The van der Waals surface area contributed by atoms with Crippen LogP contribution in [-0.4, -0.2) is 25.1 Å². The van der Waals surface area contributed by atoms with Crippen molar-refractivity contribution in [1.82, 2.24) is 4.98 Å². The molecule has 0 radical (unpaired) electrons. The van der Waals surface area contributed by atoms with Crippen molar-refractivity contribution < 1.29 is 0 Å². The first kappa shape index (κ1) is 14.4. The minimum absolute atomic E-state index is 0.415. The summed E-state index contributed by atoms with van der Waals surface area (Å²) in [7, 11) is 4.10. The first-order valence-corrected chi connectivity index (χ1v) is 7.08. The molecule has 0 aliphatic carbocycles. The highest BCUT2D eigenvalue weighted by Gasteiger charge is 2.08. The number of nitrogens with one attached hydrogen (secondary N) is 1. The van der Waals surface area contributed by atoms with E-state index in [1.165, 1.54) is 11.3 Å². The van der Waals surface area contributed by atoms with Gasteiger partial charge in [-0.3, -0.25) is 4.98 Å². The molecular formula is C17H23N3. The average molecular weight is 269 g/mol. The van der Waals surface area contributed by atoms with E-state index in [9.17, 15) is 0 Å². The molecule has 0 bridgehead atoms. The van der Waals surface area contributed by atoms with Gasteiger partial charge >= 0.3 is 0 Å². The number of anilines is 2. The van der Waals surface area contributed by atoms with Gasteiger partial charge < -0.3 is 10.2 Å². The Morgan fingerprint density at radius 2 is 1.90 bits per heavy atom. The van der Waals surface area contributed by atoms with Crippen molar-refractivity contribution in [2.45, 2.75) is 25.8 Å². The fourth-order valence-electron chi connectivity index (χ4n) is 2.25. The molecule has 1 atom stereocenters. The van der Waals surface area contributed by atoms with E-state index in [2.05, 4.69) is 66.6 Å². The molecule has 0 fully saturated rings. The fraction of sp³-hybridized carbons (Fsp3) is 0.353. The third kappa shape index (κ3) is 3.98. The summed E-state index contributed by atoms with van der Waals surface area (Å²) in [5, 5.41) is 3.56. The Morgan fingerprint density at radius 1 is 1.15 bits per heavy atom. The molecule has 0 amide bonds. The number of aryl methyl sites for hydroxylation is 1. The van der Waals surface area contributed by atoms with E-state index in [-0.39, 0.29) is 0 Å². The second-order valence-electron chi connectivity index (χ2n) is 5.36. The van der Waals surface area contributed by atoms with Crippen molar-refractivity contribution in [3.8, 4) is 0 Å². The highest BCUT2D eigenvalue weighted by Crippen LogP contribution is 2.23. The molecule has 1 N–H and O–H groups in total. The van der Waals surface area contributed by atoms with Crippen LogP contribution < -0.4 is 10.2 Å². The summed E-state index contributed by atoms with van der Waals surface area (Å²) in [5.74, 6) is 0. The van der Waals surface area contributed by atoms with Crippen LogP contribution in [0.15, 0.2) is 48.8 Å². The van der Waals surface area contributed by atoms with Gasteiger partial charge in [-0.25, -0.2) is 0 Å². The van der Waals surface area contributed by atoms with Crippen LogP contribution in [0.1, 0.15) is 18.9 Å². The van der Waals surface area contributed by atoms with Crippen LogP contribution in [0, 0.1) is 0 Å². The summed E-state index contributed by atoms with van der Waals surface area (Å²) in [6, 6.07) is 13.1. The predicted molar refractivity (Wildman–Crippen MR) is 86.4 cm³/mol. The average Bonchev–Trinajstić information content (AvgIpc) is 2.46. The summed E-state index contributed by atoms with van der Waals surface area (Å²) in [5.41, 5.74) is 3.66. The molecule has 0 spiro atoms. The molecule has 1 aromatic heterocycles. The highest BCUT2D eigenvalue weighted by molar-refractivity contribution is 5.68. The lowest BCUT2D eigenvalue weighted by molar-refractivity contribution is 0.705. The van der Waals surface area contributed by atoms with Gasteiger partial charge in [0.15, 0.2) is 0 Å². The number of hydrogen-bond donors (Lipinski definition) is 1. The topological polar surface area (TPSA) is 28.2 Å². The molecule has 20 heavy (non-hydrogen) atoms. The first-order chi connectivity index (χ1) is 9.66. The predicted octanol–water partition coefficient (Wildman–Crippen LogP) is 3.58. The van der Waals surface area contributed by atoms with Gasteiger partial charge in [0.2, 0.25) is 0 Å². The molecular weight excluding hydrogens is 246 g/mol. The third-order valence-electron chi connectivity index (χ3n) is 3.39. The van der Waals surface area contributed by atoms with Crippen molar-refractivity contribution in [3.63, 3.8) is 0 Å². The second-order valence-corrected chi connectivity index (χ2v) is 5.36. The smallest absolute Gasteiger partial charge is 0.0766 e. The zero-order chi connectivity index (χ0) is 14.4. The van der Waals surface area contributed by atoms with E-state index in [4.69, 9.17) is 0 Å². The highest BCUT2D eigenvalue weighted by atomic mass is 15.1. The number of rotatable bonds is 6. The molecule has 0 saturated carbocycles. The van der Waals surface area contributed by atoms with Crippen LogP contribution in [0.3, 0.4) is 0 Å². The van der Waals surface area contributed by atoms with Crippen molar-refractivity contribution in [3.05, 3.63) is 54.4 Å². The van der Waals surface area contributed by atoms with Gasteiger partial charge in [0, 0.05) is 26.3 Å².